The van der Waals surface area contributed by atoms with Crippen LogP contribution in [0.25, 0.3) is 0 Å². The second-order valence-corrected chi connectivity index (χ2v) is 39.3. The van der Waals surface area contributed by atoms with Crippen molar-refractivity contribution in [1.29, 1.82) is 0 Å². The molecule has 12 aliphatic rings. The van der Waals surface area contributed by atoms with E-state index < -0.39 is 16.8 Å². The fourth-order valence-electron chi connectivity index (χ4n) is 27.1. The van der Waals surface area contributed by atoms with Gasteiger partial charge in [0.2, 0.25) is 0 Å². The van der Waals surface area contributed by atoms with Crippen LogP contribution in [0.5, 0.6) is 0 Å². The van der Waals surface area contributed by atoms with Crippen molar-refractivity contribution in [1.82, 2.24) is 0 Å². The molecule has 0 aromatic carbocycles. The summed E-state index contributed by atoms with van der Waals surface area (Å²) < 4.78 is 0. The Labute approximate surface area is 587 Å². The molecule has 548 valence electrons. The van der Waals surface area contributed by atoms with Crippen LogP contribution in [0.15, 0.2) is 11.6 Å². The molecule has 29 atom stereocenters. The number of allylic oxidation sites excluding steroid dienone is 1. The van der Waals surface area contributed by atoms with Gasteiger partial charge in [-0.05, 0) is 378 Å². The molecule has 12 rings (SSSR count). The molecule has 0 aliphatic heterocycles. The zero-order valence-electron chi connectivity index (χ0n) is 62.6. The number of fused-ring (bicyclic) bond motifs is 15. The van der Waals surface area contributed by atoms with Crippen LogP contribution < -0.4 is 0 Å². The fourth-order valence-corrected chi connectivity index (χ4v) is 27.1. The van der Waals surface area contributed by atoms with Gasteiger partial charge in [-0.15, -0.1) is 0 Å². The Morgan fingerprint density at radius 2 is 0.785 bits per heavy atom. The largest absolute Gasteiger partial charge is 0.412 e. The minimum atomic E-state index is -0.499. The number of hydrogen-bond acceptors (Lipinski definition) is 6. The summed E-state index contributed by atoms with van der Waals surface area (Å²) in [6.45, 7) is 39.8. The van der Waals surface area contributed by atoms with E-state index >= 15 is 0 Å². The summed E-state index contributed by atoms with van der Waals surface area (Å²) in [7, 11) is 0. The molecule has 0 aromatic rings. The number of hydrogen-bond donors (Lipinski definition) is 6. The summed E-state index contributed by atoms with van der Waals surface area (Å²) in [5, 5.41) is 64.9. The van der Waals surface area contributed by atoms with Crippen LogP contribution in [-0.4, -0.2) is 76.7 Å². The second kappa shape index (κ2) is 31.4. The van der Waals surface area contributed by atoms with Gasteiger partial charge in [0.1, 0.15) is 0 Å². The van der Waals surface area contributed by atoms with Crippen LogP contribution in [-0.2, 0) is 20.4 Å². The molecule has 0 spiro atoms. The van der Waals surface area contributed by atoms with Gasteiger partial charge in [-0.25, -0.2) is 0 Å². The van der Waals surface area contributed by atoms with Gasteiger partial charge in [0.25, 0.3) is 0 Å². The molecule has 11 saturated carbocycles. The summed E-state index contributed by atoms with van der Waals surface area (Å²) >= 11 is 0. The van der Waals surface area contributed by atoms with E-state index in [9.17, 15) is 30.6 Å². The average molecular weight is 1400 g/mol. The summed E-state index contributed by atoms with van der Waals surface area (Å²) in [4.78, 5) is 0. The van der Waals surface area contributed by atoms with E-state index in [1.165, 1.54) is 122 Å². The second-order valence-electron chi connectivity index (χ2n) is 39.3. The molecule has 11 fully saturated rings. The van der Waals surface area contributed by atoms with Crippen molar-refractivity contribution in [2.45, 2.75) is 366 Å². The molecule has 0 unspecified atom stereocenters. The van der Waals surface area contributed by atoms with Crippen LogP contribution in [0.3, 0.4) is 0 Å². The van der Waals surface area contributed by atoms with E-state index in [0.29, 0.717) is 80.3 Å². The van der Waals surface area contributed by atoms with E-state index in [-0.39, 0.29) is 57.1 Å². The number of aliphatic hydroxyl groups is 6. The van der Waals surface area contributed by atoms with Crippen molar-refractivity contribution in [3.8, 4) is 0 Å². The molecular formula is C84H154O8Pd. The van der Waals surface area contributed by atoms with Crippen molar-refractivity contribution in [3.63, 3.8) is 0 Å². The molecule has 12 aliphatic carbocycles. The van der Waals surface area contributed by atoms with Crippen LogP contribution in [0.2, 0.25) is 0 Å². The summed E-state index contributed by atoms with van der Waals surface area (Å²) in [5.41, 5.74) is 2.28. The SMILES string of the molecule is C.CC(C)CC[C@@H](O)[C@@H](C)[C@H]1CC[C@H]2[C@@H]3CC=C4C[C@@](C)(O)CC[C@]4(C)[C@H]3CC[C@]12C.CC(C)CC[C@@H](O)[C@@H](C)[C@H]1CC[C@H]2[C@@H]3CC[C@H]4C[C@@](C)(O)CC[C@@H]4[C@H]3CC[C@]12C.CC(C)CC[C@@H](O)[C@@H](C)[C@H]1CC[C@H]2[C@@H]3CC[C@H]4C[C@@](C)(O)CC[C@]4(C)[C@H]3CC[C@]12C.O.O.[Pd]. The van der Waals surface area contributed by atoms with Gasteiger partial charge in [-0.3, -0.25) is 0 Å². The molecule has 0 radical (unpaired) electrons. The van der Waals surface area contributed by atoms with E-state index in [0.717, 1.165) is 154 Å². The Bertz CT molecular complexity index is 2370. The summed E-state index contributed by atoms with van der Waals surface area (Å²) in [6.07, 6.45) is 41.1. The molecule has 0 aromatic heterocycles. The van der Waals surface area contributed by atoms with Gasteiger partial charge in [0.05, 0.1) is 35.1 Å². The van der Waals surface area contributed by atoms with E-state index in [1.807, 2.05) is 6.92 Å². The Morgan fingerprint density at radius 3 is 1.28 bits per heavy atom. The molecule has 9 heteroatoms. The van der Waals surface area contributed by atoms with Gasteiger partial charge in [0, 0.05) is 20.4 Å². The van der Waals surface area contributed by atoms with Gasteiger partial charge in [0.15, 0.2) is 0 Å². The van der Waals surface area contributed by atoms with Gasteiger partial charge < -0.3 is 41.6 Å². The number of aliphatic hydroxyl groups excluding tert-OH is 3. The molecular weight excluding hydrogens is 1240 g/mol. The smallest absolute Gasteiger partial charge is 0.0657 e. The monoisotopic (exact) mass is 1400 g/mol. The van der Waals surface area contributed by atoms with Crippen molar-refractivity contribution in [2.24, 2.45) is 151 Å². The Kier molecular flexibility index (Phi) is 27.7. The van der Waals surface area contributed by atoms with Gasteiger partial charge in [-0.1, -0.05) is 116 Å². The molecule has 0 bridgehead atoms. The molecule has 0 saturated heterocycles. The first-order valence-corrected chi connectivity index (χ1v) is 39.5. The normalized spacial score (nSPS) is 47.1. The van der Waals surface area contributed by atoms with Crippen LogP contribution >= 0.6 is 0 Å². The van der Waals surface area contributed by atoms with Crippen molar-refractivity contribution < 1.29 is 62.0 Å². The predicted octanol–water partition coefficient (Wildman–Crippen LogP) is 19.0. The quantitative estimate of drug-likeness (QED) is 0.0700. The third-order valence-corrected chi connectivity index (χ3v) is 32.6. The number of rotatable bonds is 15. The average Bonchev–Trinajstić information content (AvgIpc) is 1.71. The summed E-state index contributed by atoms with van der Waals surface area (Å²) in [6, 6.07) is 0. The van der Waals surface area contributed by atoms with Crippen LogP contribution in [0.1, 0.15) is 331 Å². The minimum Gasteiger partial charge on any atom is -0.412 e. The van der Waals surface area contributed by atoms with Gasteiger partial charge >= 0.3 is 0 Å². The van der Waals surface area contributed by atoms with Crippen LogP contribution in [0.4, 0.5) is 0 Å². The molecule has 10 N–H and O–H groups in total. The molecule has 0 amide bonds. The molecule has 0 heterocycles. The standard InChI is InChI=1S/C28H50O2.C28H48O2.C27H48O2.CH4.2H2O.Pd/c2*1-18(2)7-12-25(29)19(3)22-10-11-23-21-9-8-20-17-26(4,30)15-16-27(20,5)24(21)13-14-28(22,23)6;1-17(2)6-11-25(28)18(3)23-9-10-24-22-8-7-19-16-26(4,29)14-12-20(19)21(22)13-15-27(23,24)5;;;;/h18-25,29-30H,7-17H2,1-6H3;8,18-19,21-25,29-30H,7,9-17H2,1-6H3;17-25,28-29H,6-16H2,1-5H3;1H4;2*1H2;/t19-,20-,21-,22+,23-,24-,25+,26-,27-,28+;19-,21-,22+,23-,24-,25+,26-,27-,28+;18-,19-,20-,21+,22+,23+,24-,25+,26-,27+;;;;/m000..../s1. The first-order chi connectivity index (χ1) is 41.6. The van der Waals surface area contributed by atoms with Crippen molar-refractivity contribution >= 4 is 0 Å². The van der Waals surface area contributed by atoms with E-state index in [4.69, 9.17) is 0 Å². The maximum atomic E-state index is 11.0. The summed E-state index contributed by atoms with van der Waals surface area (Å²) in [5.74, 6) is 15.6. The molecule has 8 nitrogen and oxygen atoms in total. The third kappa shape index (κ3) is 16.3. The Morgan fingerprint density at radius 1 is 0.376 bits per heavy atom. The fraction of sp³-hybridized carbons (Fsp3) is 0.976. The van der Waals surface area contributed by atoms with Crippen LogP contribution in [0, 0.1) is 151 Å². The molecule has 93 heavy (non-hydrogen) atoms. The van der Waals surface area contributed by atoms with E-state index in [1.54, 1.807) is 5.57 Å². The topological polar surface area (TPSA) is 184 Å². The third-order valence-electron chi connectivity index (χ3n) is 32.6. The minimum absolute atomic E-state index is 0. The first-order valence-electron chi connectivity index (χ1n) is 39.5. The van der Waals surface area contributed by atoms with Crippen molar-refractivity contribution in [3.05, 3.63) is 11.6 Å². The Hall–Kier alpha value is 0.0823. The van der Waals surface area contributed by atoms with Crippen molar-refractivity contribution in [2.75, 3.05) is 0 Å². The predicted molar refractivity (Wildman–Crippen MR) is 385 cm³/mol. The maximum absolute atomic E-state index is 11.0. The maximum Gasteiger partial charge on any atom is 0.0657 e. The zero-order valence-corrected chi connectivity index (χ0v) is 64.1. The zero-order chi connectivity index (χ0) is 64.8. The Balaban J connectivity index is 0.000000217. The first kappa shape index (κ1) is 82.0. The van der Waals surface area contributed by atoms with E-state index in [2.05, 4.69) is 117 Å². The van der Waals surface area contributed by atoms with Gasteiger partial charge in [-0.2, -0.15) is 0 Å².